The van der Waals surface area contributed by atoms with Crippen molar-refractivity contribution in [3.63, 3.8) is 0 Å². The van der Waals surface area contributed by atoms with Crippen molar-refractivity contribution in [1.82, 2.24) is 0 Å². The molecule has 8 rings (SSSR count). The zero-order chi connectivity index (χ0) is 30.8. The molecule has 0 atom stereocenters. The van der Waals surface area contributed by atoms with Crippen LogP contribution in [-0.2, 0) is 20.8 Å². The average molecular weight is 709 g/mol. The van der Waals surface area contributed by atoms with Crippen LogP contribution in [0.1, 0.15) is 87.2 Å². The third kappa shape index (κ3) is 8.11. The summed E-state index contributed by atoms with van der Waals surface area (Å²) < 4.78 is 0. The van der Waals surface area contributed by atoms with Gasteiger partial charge >= 0.3 is 37.9 Å². The minimum absolute atomic E-state index is 0.787. The Morgan fingerprint density at radius 3 is 1.22 bits per heavy atom. The molecule has 2 aliphatic carbocycles. The average Bonchev–Trinajstić information content (AvgIpc) is 3.76. The normalized spacial score (nSPS) is 15.5. The van der Waals surface area contributed by atoms with E-state index < -0.39 is 20.8 Å². The van der Waals surface area contributed by atoms with Crippen molar-refractivity contribution in [2.45, 2.75) is 76.0 Å². The SMILES string of the molecule is [Cl][Zr+2][Cl].c1ccc(-c2cccc3[cH-]c(C4CCCCC4)cc23)cc1.c1ccc(-c2cccc3[cH-]c(C4CCCCC4)cc23)cc1. The fraction of sp³-hybridized carbons (Fsp3) is 0.286. The molecule has 0 saturated heterocycles. The predicted molar refractivity (Wildman–Crippen MR) is 193 cm³/mol. The third-order valence-electron chi connectivity index (χ3n) is 9.87. The maximum atomic E-state index is 4.93. The van der Waals surface area contributed by atoms with Crippen molar-refractivity contribution in [3.8, 4) is 22.3 Å². The second-order valence-electron chi connectivity index (χ2n) is 12.7. The van der Waals surface area contributed by atoms with E-state index in [1.807, 2.05) is 0 Å². The Labute approximate surface area is 288 Å². The molecule has 6 aromatic carbocycles. The molecule has 0 heterocycles. The second kappa shape index (κ2) is 16.4. The molecule has 0 aromatic heterocycles. The van der Waals surface area contributed by atoms with Gasteiger partial charge in [-0.05, 0) is 48.6 Å². The van der Waals surface area contributed by atoms with Crippen molar-refractivity contribution >= 4 is 38.6 Å². The summed E-state index contributed by atoms with van der Waals surface area (Å²) in [6.07, 6.45) is 13.9. The maximum Gasteiger partial charge on any atom is -0.0279 e. The van der Waals surface area contributed by atoms with Gasteiger partial charge in [-0.15, -0.1) is 69.1 Å². The molecule has 2 saturated carbocycles. The molecular formula is C42H42Cl2Zr. The summed E-state index contributed by atoms with van der Waals surface area (Å²) in [6, 6.07) is 44.7. The number of hydrogen-bond acceptors (Lipinski definition) is 0. The molecule has 3 heteroatoms. The van der Waals surface area contributed by atoms with Crippen LogP contribution < -0.4 is 0 Å². The fourth-order valence-electron chi connectivity index (χ4n) is 7.60. The molecular weight excluding hydrogens is 667 g/mol. The number of benzene rings is 4. The summed E-state index contributed by atoms with van der Waals surface area (Å²) in [7, 11) is 9.87. The molecule has 228 valence electrons. The van der Waals surface area contributed by atoms with Crippen LogP contribution >= 0.6 is 17.0 Å². The molecule has 0 radical (unpaired) electrons. The summed E-state index contributed by atoms with van der Waals surface area (Å²) in [6.45, 7) is 0. The Balaban J connectivity index is 0.000000146. The molecule has 0 N–H and O–H groups in total. The molecule has 0 bridgehead atoms. The first-order chi connectivity index (χ1) is 22.2. The number of hydrogen-bond donors (Lipinski definition) is 0. The maximum absolute atomic E-state index is 4.93. The monoisotopic (exact) mass is 706 g/mol. The smallest absolute Gasteiger partial charge is 0.0279 e. The van der Waals surface area contributed by atoms with Crippen molar-refractivity contribution in [2.75, 3.05) is 0 Å². The van der Waals surface area contributed by atoms with Crippen molar-refractivity contribution in [3.05, 3.63) is 132 Å². The van der Waals surface area contributed by atoms with Gasteiger partial charge in [0.05, 0.1) is 0 Å². The fourth-order valence-corrected chi connectivity index (χ4v) is 7.60. The third-order valence-corrected chi connectivity index (χ3v) is 9.87. The van der Waals surface area contributed by atoms with E-state index in [-0.39, 0.29) is 0 Å². The van der Waals surface area contributed by atoms with Gasteiger partial charge in [0.15, 0.2) is 0 Å². The largest absolute Gasteiger partial charge is 0.164 e. The topological polar surface area (TPSA) is 0 Å². The minimum Gasteiger partial charge on any atom is -0.164 e. The molecule has 0 nitrogen and oxygen atoms in total. The number of halogens is 2. The molecule has 2 fully saturated rings. The Morgan fingerprint density at radius 1 is 0.467 bits per heavy atom. The van der Waals surface area contributed by atoms with E-state index >= 15 is 0 Å². The van der Waals surface area contributed by atoms with Crippen molar-refractivity contribution in [1.29, 1.82) is 0 Å². The number of fused-ring (bicyclic) bond motifs is 2. The molecule has 0 unspecified atom stereocenters. The van der Waals surface area contributed by atoms with E-state index in [0.29, 0.717) is 0 Å². The van der Waals surface area contributed by atoms with Gasteiger partial charge in [-0.2, -0.15) is 12.1 Å². The van der Waals surface area contributed by atoms with Crippen LogP contribution in [0, 0.1) is 0 Å². The zero-order valence-corrected chi connectivity index (χ0v) is 30.0. The quantitative estimate of drug-likeness (QED) is 0.160. The molecule has 0 amide bonds. The van der Waals surface area contributed by atoms with Crippen LogP contribution in [0.15, 0.2) is 121 Å². The van der Waals surface area contributed by atoms with Gasteiger partial charge in [0.2, 0.25) is 0 Å². The first kappa shape index (κ1) is 32.5. The summed E-state index contributed by atoms with van der Waals surface area (Å²) >= 11 is -0.826. The van der Waals surface area contributed by atoms with Gasteiger partial charge in [0.25, 0.3) is 0 Å². The van der Waals surface area contributed by atoms with Gasteiger partial charge in [0, 0.05) is 0 Å². The van der Waals surface area contributed by atoms with Gasteiger partial charge < -0.3 is 0 Å². The van der Waals surface area contributed by atoms with E-state index in [1.165, 1.54) is 108 Å². The Hall–Kier alpha value is -2.44. The van der Waals surface area contributed by atoms with Gasteiger partial charge in [-0.25, -0.2) is 0 Å². The summed E-state index contributed by atoms with van der Waals surface area (Å²) in [5.41, 5.74) is 8.51. The van der Waals surface area contributed by atoms with Crippen LogP contribution in [-0.4, -0.2) is 0 Å². The van der Waals surface area contributed by atoms with Crippen molar-refractivity contribution in [2.24, 2.45) is 0 Å². The Morgan fingerprint density at radius 2 is 0.844 bits per heavy atom. The minimum atomic E-state index is -0.826. The van der Waals surface area contributed by atoms with Crippen LogP contribution in [0.5, 0.6) is 0 Å². The zero-order valence-electron chi connectivity index (χ0n) is 26.0. The van der Waals surface area contributed by atoms with Gasteiger partial charge in [0.1, 0.15) is 0 Å². The van der Waals surface area contributed by atoms with Gasteiger partial charge in [-0.1, -0.05) is 122 Å². The van der Waals surface area contributed by atoms with E-state index in [2.05, 4.69) is 121 Å². The summed E-state index contributed by atoms with van der Waals surface area (Å²) in [4.78, 5) is 0. The Bertz CT molecular complexity index is 1620. The first-order valence-electron chi connectivity index (χ1n) is 16.7. The van der Waals surface area contributed by atoms with E-state index in [1.54, 1.807) is 11.1 Å². The predicted octanol–water partition coefficient (Wildman–Crippen LogP) is 13.9. The van der Waals surface area contributed by atoms with Crippen LogP contribution in [0.25, 0.3) is 43.8 Å². The molecule has 6 aromatic rings. The van der Waals surface area contributed by atoms with Crippen LogP contribution in [0.2, 0.25) is 0 Å². The van der Waals surface area contributed by atoms with E-state index in [0.717, 1.165) is 11.8 Å². The molecule has 0 spiro atoms. The molecule has 2 aliphatic rings. The molecule has 0 aliphatic heterocycles. The van der Waals surface area contributed by atoms with E-state index in [9.17, 15) is 0 Å². The standard InChI is InChI=1S/2C21H21.2ClH.Zr/c2*1-3-8-16(9-4-1)19-14-18-12-7-13-20(21(18)15-19)17-10-5-2-6-11-17;;;/h2*2,5-7,10-16H,1,3-4,8-9H2;2*1H;/q2*-1;;;+4/p-2. The van der Waals surface area contributed by atoms with E-state index in [4.69, 9.17) is 17.0 Å². The summed E-state index contributed by atoms with van der Waals surface area (Å²) in [5, 5.41) is 5.64. The second-order valence-corrected chi connectivity index (χ2v) is 16.4. The van der Waals surface area contributed by atoms with Crippen molar-refractivity contribution < 1.29 is 20.8 Å². The first-order valence-corrected chi connectivity index (χ1v) is 23.0. The van der Waals surface area contributed by atoms with Crippen LogP contribution in [0.4, 0.5) is 0 Å². The molecule has 45 heavy (non-hydrogen) atoms. The van der Waals surface area contributed by atoms with Gasteiger partial charge in [-0.3, -0.25) is 0 Å². The number of rotatable bonds is 4. The van der Waals surface area contributed by atoms with Crippen LogP contribution in [0.3, 0.4) is 0 Å². The summed E-state index contributed by atoms with van der Waals surface area (Å²) in [5.74, 6) is 1.57. The Kier molecular flexibility index (Phi) is 11.8.